The molecule has 0 saturated carbocycles. The van der Waals surface area contributed by atoms with Gasteiger partial charge in [0.05, 0.1) is 32.2 Å². The summed E-state index contributed by atoms with van der Waals surface area (Å²) in [4.78, 5) is 17.8. The molecule has 0 spiro atoms. The van der Waals surface area contributed by atoms with E-state index in [0.29, 0.717) is 27.4 Å². The standard InChI is InChI=1S/C28H30N4O3S/c1-6-22(29)15-14-21-11-7-8-12-23(21)20(4)32-24-16-18(2)26(17-25(24)35-28(32)33)36(5,34)31-27-13-9-10-19(3)30-27/h7-13,16-17,20,22H,5-6,29H2,1-4H3,(H,30,31,34). The second-order valence-electron chi connectivity index (χ2n) is 8.81. The van der Waals surface area contributed by atoms with Gasteiger partial charge in [0.15, 0.2) is 5.58 Å². The molecule has 8 heteroatoms. The zero-order valence-electron chi connectivity index (χ0n) is 20.9. The molecular formula is C28H30N4O3S. The maximum absolute atomic E-state index is 13.6. The van der Waals surface area contributed by atoms with Crippen molar-refractivity contribution in [3.05, 3.63) is 87.5 Å². The Kier molecular flexibility index (Phi) is 7.07. The first-order chi connectivity index (χ1) is 17.1. The van der Waals surface area contributed by atoms with Crippen LogP contribution in [0.25, 0.3) is 11.1 Å². The summed E-state index contributed by atoms with van der Waals surface area (Å²) in [6.07, 6.45) is 0.752. The number of pyridine rings is 1. The van der Waals surface area contributed by atoms with Gasteiger partial charge in [0.1, 0.15) is 5.82 Å². The molecule has 3 unspecified atom stereocenters. The lowest BCUT2D eigenvalue weighted by molar-refractivity contribution is 0.489. The van der Waals surface area contributed by atoms with Crippen molar-refractivity contribution in [1.82, 2.24) is 9.55 Å². The third kappa shape index (κ3) is 5.08. The molecule has 0 fully saturated rings. The summed E-state index contributed by atoms with van der Waals surface area (Å²) in [5, 5.41) is 0. The van der Waals surface area contributed by atoms with Gasteiger partial charge in [-0.25, -0.2) is 14.0 Å². The van der Waals surface area contributed by atoms with Gasteiger partial charge < -0.3 is 10.2 Å². The highest BCUT2D eigenvalue weighted by Crippen LogP contribution is 2.29. The van der Waals surface area contributed by atoms with Crippen molar-refractivity contribution < 1.29 is 8.63 Å². The van der Waals surface area contributed by atoms with Gasteiger partial charge in [-0.15, -0.1) is 0 Å². The lowest BCUT2D eigenvalue weighted by Gasteiger charge is -2.17. The maximum Gasteiger partial charge on any atom is 0.420 e. The van der Waals surface area contributed by atoms with Crippen LogP contribution >= 0.6 is 0 Å². The first kappa shape index (κ1) is 25.3. The summed E-state index contributed by atoms with van der Waals surface area (Å²) >= 11 is 0. The molecule has 2 heterocycles. The Labute approximate surface area is 211 Å². The van der Waals surface area contributed by atoms with Gasteiger partial charge in [0.2, 0.25) is 0 Å². The summed E-state index contributed by atoms with van der Waals surface area (Å²) < 4.78 is 23.7. The summed E-state index contributed by atoms with van der Waals surface area (Å²) in [5.74, 6) is 10.1. The molecule has 186 valence electrons. The van der Waals surface area contributed by atoms with Crippen molar-refractivity contribution in [1.29, 1.82) is 0 Å². The van der Waals surface area contributed by atoms with E-state index in [9.17, 15) is 9.00 Å². The molecule has 7 nitrogen and oxygen atoms in total. The number of aromatic nitrogens is 2. The highest BCUT2D eigenvalue weighted by atomic mass is 32.2. The van der Waals surface area contributed by atoms with Crippen molar-refractivity contribution in [3.8, 4) is 11.8 Å². The van der Waals surface area contributed by atoms with Gasteiger partial charge in [-0.2, -0.15) is 0 Å². The van der Waals surface area contributed by atoms with Crippen molar-refractivity contribution in [2.45, 2.75) is 51.1 Å². The molecule has 0 aliphatic rings. The molecule has 4 aromatic rings. The molecule has 0 aliphatic carbocycles. The van der Waals surface area contributed by atoms with Gasteiger partial charge in [0.25, 0.3) is 0 Å². The van der Waals surface area contributed by atoms with Crippen molar-refractivity contribution in [2.75, 3.05) is 4.72 Å². The van der Waals surface area contributed by atoms with Crippen LogP contribution in [0.1, 0.15) is 48.7 Å². The number of aryl methyl sites for hydroxylation is 2. The number of rotatable bonds is 6. The third-order valence-corrected chi connectivity index (χ3v) is 7.74. The number of hydrogen-bond donors (Lipinski definition) is 2. The molecule has 3 N–H and O–H groups in total. The van der Waals surface area contributed by atoms with Gasteiger partial charge in [0, 0.05) is 17.3 Å². The number of nitrogens with two attached hydrogens (primary N) is 1. The molecule has 0 radical (unpaired) electrons. The lowest BCUT2D eigenvalue weighted by atomic mass is 10.0. The maximum atomic E-state index is 13.6. The summed E-state index contributed by atoms with van der Waals surface area (Å²) in [5.41, 5.74) is 10.1. The zero-order chi connectivity index (χ0) is 26.0. The van der Waals surface area contributed by atoms with Gasteiger partial charge in [-0.3, -0.25) is 9.29 Å². The fraction of sp³-hybridized carbons (Fsp3) is 0.250. The normalized spacial score (nSPS) is 14.5. The second-order valence-corrected chi connectivity index (χ2v) is 10.8. The minimum Gasteiger partial charge on any atom is -0.408 e. The van der Waals surface area contributed by atoms with E-state index in [1.807, 2.05) is 70.2 Å². The van der Waals surface area contributed by atoms with E-state index < -0.39 is 15.5 Å². The van der Waals surface area contributed by atoms with Crippen LogP contribution < -0.4 is 16.2 Å². The predicted molar refractivity (Wildman–Crippen MR) is 147 cm³/mol. The third-order valence-electron chi connectivity index (χ3n) is 6.05. The van der Waals surface area contributed by atoms with Crippen LogP contribution in [-0.2, 0) is 9.71 Å². The number of hydrogen-bond acceptors (Lipinski definition) is 5. The van der Waals surface area contributed by atoms with E-state index in [1.54, 1.807) is 16.7 Å². The Morgan fingerprint density at radius 2 is 1.94 bits per heavy atom. The van der Waals surface area contributed by atoms with Crippen LogP contribution in [0.4, 0.5) is 5.82 Å². The molecule has 3 atom stereocenters. The van der Waals surface area contributed by atoms with Crippen molar-refractivity contribution >= 4 is 32.5 Å². The first-order valence-corrected chi connectivity index (χ1v) is 13.4. The molecule has 36 heavy (non-hydrogen) atoms. The van der Waals surface area contributed by atoms with E-state index in [0.717, 1.165) is 23.2 Å². The van der Waals surface area contributed by atoms with Crippen LogP contribution in [0, 0.1) is 25.7 Å². The fourth-order valence-electron chi connectivity index (χ4n) is 4.10. The topological polar surface area (TPSA) is 103 Å². The molecule has 0 aliphatic heterocycles. The largest absolute Gasteiger partial charge is 0.420 e. The Morgan fingerprint density at radius 1 is 1.19 bits per heavy atom. The quantitative estimate of drug-likeness (QED) is 0.300. The van der Waals surface area contributed by atoms with Crippen LogP contribution in [-0.4, -0.2) is 25.7 Å². The minimum absolute atomic E-state index is 0.215. The van der Waals surface area contributed by atoms with Crippen LogP contribution in [0.2, 0.25) is 0 Å². The summed E-state index contributed by atoms with van der Waals surface area (Å²) in [6.45, 7) is 7.60. The Hall–Kier alpha value is -3.80. The van der Waals surface area contributed by atoms with Crippen molar-refractivity contribution in [3.63, 3.8) is 0 Å². The van der Waals surface area contributed by atoms with Gasteiger partial charge in [-0.05, 0) is 68.5 Å². The zero-order valence-corrected chi connectivity index (χ0v) is 21.7. The molecular weight excluding hydrogens is 472 g/mol. The van der Waals surface area contributed by atoms with Crippen LogP contribution in [0.5, 0.6) is 0 Å². The van der Waals surface area contributed by atoms with Crippen molar-refractivity contribution in [2.24, 2.45) is 5.73 Å². The monoisotopic (exact) mass is 502 g/mol. The number of fused-ring (bicyclic) bond motifs is 1. The lowest BCUT2D eigenvalue weighted by Crippen LogP contribution is -2.20. The first-order valence-electron chi connectivity index (χ1n) is 11.7. The van der Waals surface area contributed by atoms with Gasteiger partial charge in [-0.1, -0.05) is 43.0 Å². The highest BCUT2D eigenvalue weighted by molar-refractivity contribution is 8.01. The van der Waals surface area contributed by atoms with Crippen LogP contribution in [0.3, 0.4) is 0 Å². The minimum atomic E-state index is -2.97. The number of nitrogens with one attached hydrogen (secondary N) is 1. The molecule has 4 rings (SSSR count). The Balaban J connectivity index is 1.77. The smallest absolute Gasteiger partial charge is 0.408 e. The number of benzene rings is 2. The Bertz CT molecular complexity index is 1660. The van der Waals surface area contributed by atoms with E-state index in [-0.39, 0.29) is 12.1 Å². The molecule has 2 aromatic heterocycles. The predicted octanol–water partition coefficient (Wildman–Crippen LogP) is 4.41. The second kappa shape index (κ2) is 10.1. The fourth-order valence-corrected chi connectivity index (χ4v) is 5.54. The summed E-state index contributed by atoms with van der Waals surface area (Å²) in [6, 6.07) is 16.0. The molecule has 0 saturated heterocycles. The summed E-state index contributed by atoms with van der Waals surface area (Å²) in [7, 11) is -2.97. The Morgan fingerprint density at radius 3 is 2.67 bits per heavy atom. The molecule has 0 bridgehead atoms. The SMILES string of the molecule is C=S(=O)(Nc1cccc(C)n1)c1cc2oc(=O)n(C(C)c3ccccc3C#CC(N)CC)c2cc1C. The van der Waals surface area contributed by atoms with Gasteiger partial charge >= 0.3 is 5.76 Å². The van der Waals surface area contributed by atoms with E-state index >= 15 is 0 Å². The average Bonchev–Trinajstić information content (AvgIpc) is 3.15. The van der Waals surface area contributed by atoms with E-state index in [1.165, 1.54) is 0 Å². The average molecular weight is 503 g/mol. The van der Waals surface area contributed by atoms with Crippen LogP contribution in [0.15, 0.2) is 68.7 Å². The highest BCUT2D eigenvalue weighted by Gasteiger charge is 2.22. The number of oxazole rings is 1. The van der Waals surface area contributed by atoms with E-state index in [2.05, 4.69) is 27.4 Å². The molecule has 0 amide bonds. The number of anilines is 1. The molecule has 2 aromatic carbocycles. The number of nitrogens with zero attached hydrogens (tertiary/aromatic N) is 2. The van der Waals surface area contributed by atoms with E-state index in [4.69, 9.17) is 10.2 Å².